The molecule has 0 aliphatic heterocycles. The van der Waals surface area contributed by atoms with Gasteiger partial charge in [-0.15, -0.1) is 0 Å². The molecular formula is C21H25N3O2S. The topological polar surface area (TPSA) is 64.0 Å². The molecule has 0 radical (unpaired) electrons. The predicted molar refractivity (Wildman–Crippen MR) is 107 cm³/mol. The van der Waals surface area contributed by atoms with Gasteiger partial charge in [0.15, 0.2) is 0 Å². The van der Waals surface area contributed by atoms with Crippen LogP contribution >= 0.6 is 0 Å². The summed E-state index contributed by atoms with van der Waals surface area (Å²) in [5.74, 6) is 0. The Labute approximate surface area is 161 Å². The lowest BCUT2D eigenvalue weighted by Crippen LogP contribution is -2.27. The second kappa shape index (κ2) is 7.29. The second-order valence-electron chi connectivity index (χ2n) is 7.68. The number of aromatic nitrogens is 2. The lowest BCUT2D eigenvalue weighted by Gasteiger charge is -2.20. The molecular weight excluding hydrogens is 358 g/mol. The number of hydrogen-bond acceptors (Lipinski definition) is 3. The summed E-state index contributed by atoms with van der Waals surface area (Å²) >= 11 is 0. The number of nitrogens with one attached hydrogen (secondary N) is 1. The Morgan fingerprint density at radius 1 is 1.00 bits per heavy atom. The molecule has 0 saturated carbocycles. The summed E-state index contributed by atoms with van der Waals surface area (Å²) in [5.41, 5.74) is 2.96. The molecule has 3 rings (SSSR count). The van der Waals surface area contributed by atoms with E-state index in [0.717, 1.165) is 16.8 Å². The van der Waals surface area contributed by atoms with E-state index >= 15 is 0 Å². The molecule has 0 fully saturated rings. The highest BCUT2D eigenvalue weighted by Crippen LogP contribution is 2.24. The molecule has 142 valence electrons. The Kier molecular flexibility index (Phi) is 5.22. The van der Waals surface area contributed by atoms with Crippen LogP contribution in [0.4, 0.5) is 0 Å². The number of rotatable bonds is 5. The normalized spacial score (nSPS) is 13.5. The standard InChI is InChI=1S/C21H25N3O2S/c1-16(17-5-9-19(10-6-17)24-14-13-22-15-24)23-27(25,26)20-11-7-18(8-12-20)21(2,3)4/h5-16,23H,1-4H3/t16-/m0/s1. The van der Waals surface area contributed by atoms with E-state index in [0.29, 0.717) is 0 Å². The first-order chi connectivity index (χ1) is 12.7. The third-order valence-corrected chi connectivity index (χ3v) is 6.11. The highest BCUT2D eigenvalue weighted by atomic mass is 32.2. The molecule has 0 spiro atoms. The van der Waals surface area contributed by atoms with Crippen LogP contribution in [0, 0.1) is 0 Å². The molecule has 3 aromatic rings. The fraction of sp³-hybridized carbons (Fsp3) is 0.286. The summed E-state index contributed by atoms with van der Waals surface area (Å²) in [7, 11) is -3.59. The molecule has 5 nitrogen and oxygen atoms in total. The largest absolute Gasteiger partial charge is 0.306 e. The van der Waals surface area contributed by atoms with Gasteiger partial charge in [-0.2, -0.15) is 0 Å². The van der Waals surface area contributed by atoms with Gasteiger partial charge < -0.3 is 4.57 Å². The van der Waals surface area contributed by atoms with Crippen molar-refractivity contribution in [2.45, 2.75) is 44.0 Å². The molecule has 0 saturated heterocycles. The molecule has 0 amide bonds. The third-order valence-electron chi connectivity index (χ3n) is 4.56. The number of sulfonamides is 1. The van der Waals surface area contributed by atoms with E-state index in [1.54, 1.807) is 24.7 Å². The van der Waals surface area contributed by atoms with E-state index in [1.807, 2.05) is 54.1 Å². The molecule has 1 aromatic heterocycles. The lowest BCUT2D eigenvalue weighted by molar-refractivity contribution is 0.565. The first-order valence-electron chi connectivity index (χ1n) is 8.88. The van der Waals surface area contributed by atoms with Gasteiger partial charge in [0.25, 0.3) is 0 Å². The van der Waals surface area contributed by atoms with Crippen LogP contribution in [-0.4, -0.2) is 18.0 Å². The number of hydrogen-bond donors (Lipinski definition) is 1. The monoisotopic (exact) mass is 383 g/mol. The van der Waals surface area contributed by atoms with Gasteiger partial charge in [-0.1, -0.05) is 45.0 Å². The summed E-state index contributed by atoms with van der Waals surface area (Å²) in [6, 6.07) is 14.5. The molecule has 1 atom stereocenters. The second-order valence-corrected chi connectivity index (χ2v) is 9.39. The average Bonchev–Trinajstić information content (AvgIpc) is 3.15. The third kappa shape index (κ3) is 4.46. The van der Waals surface area contributed by atoms with Gasteiger partial charge in [0, 0.05) is 24.1 Å². The molecule has 0 bridgehead atoms. The van der Waals surface area contributed by atoms with Gasteiger partial charge in [-0.25, -0.2) is 18.1 Å². The van der Waals surface area contributed by atoms with E-state index in [1.165, 1.54) is 0 Å². The van der Waals surface area contributed by atoms with E-state index in [4.69, 9.17) is 0 Å². The van der Waals surface area contributed by atoms with Crippen molar-refractivity contribution in [1.29, 1.82) is 0 Å². The van der Waals surface area contributed by atoms with Crippen molar-refractivity contribution >= 4 is 10.0 Å². The number of benzene rings is 2. The highest BCUT2D eigenvalue weighted by Gasteiger charge is 2.20. The SMILES string of the molecule is C[C@H](NS(=O)(=O)c1ccc(C(C)(C)C)cc1)c1ccc(-n2ccnc2)cc1. The Morgan fingerprint density at radius 2 is 1.63 bits per heavy atom. The van der Waals surface area contributed by atoms with Crippen LogP contribution in [0.1, 0.15) is 44.9 Å². The van der Waals surface area contributed by atoms with Gasteiger partial charge in [0.1, 0.15) is 0 Å². The van der Waals surface area contributed by atoms with Gasteiger partial charge >= 0.3 is 0 Å². The molecule has 0 unspecified atom stereocenters. The zero-order valence-electron chi connectivity index (χ0n) is 16.0. The van der Waals surface area contributed by atoms with Crippen LogP contribution in [0.2, 0.25) is 0 Å². The zero-order chi connectivity index (χ0) is 19.7. The minimum Gasteiger partial charge on any atom is -0.306 e. The summed E-state index contributed by atoms with van der Waals surface area (Å²) in [6.45, 7) is 8.14. The van der Waals surface area contributed by atoms with Crippen molar-refractivity contribution in [3.05, 3.63) is 78.4 Å². The predicted octanol–water partition coefficient (Wildman–Crippen LogP) is 4.21. The van der Waals surface area contributed by atoms with Crippen LogP contribution < -0.4 is 4.72 Å². The first-order valence-corrected chi connectivity index (χ1v) is 10.4. The van der Waals surface area contributed by atoms with E-state index in [2.05, 4.69) is 30.5 Å². The van der Waals surface area contributed by atoms with Gasteiger partial charge in [0.2, 0.25) is 10.0 Å². The molecule has 0 aliphatic rings. The molecule has 27 heavy (non-hydrogen) atoms. The van der Waals surface area contributed by atoms with E-state index < -0.39 is 10.0 Å². The Hall–Kier alpha value is -2.44. The van der Waals surface area contributed by atoms with Crippen LogP contribution in [0.3, 0.4) is 0 Å². The van der Waals surface area contributed by atoms with Crippen molar-refractivity contribution in [3.8, 4) is 5.69 Å². The molecule has 1 N–H and O–H groups in total. The highest BCUT2D eigenvalue weighted by molar-refractivity contribution is 7.89. The lowest BCUT2D eigenvalue weighted by atomic mass is 9.87. The minimum absolute atomic E-state index is 0.0139. The van der Waals surface area contributed by atoms with Crippen molar-refractivity contribution < 1.29 is 8.42 Å². The summed E-state index contributed by atoms with van der Waals surface area (Å²) in [4.78, 5) is 4.31. The Bertz CT molecular complexity index is 985. The molecule has 6 heteroatoms. The van der Waals surface area contributed by atoms with E-state index in [9.17, 15) is 8.42 Å². The van der Waals surface area contributed by atoms with Gasteiger partial charge in [-0.3, -0.25) is 0 Å². The number of nitrogens with zero attached hydrogens (tertiary/aromatic N) is 2. The van der Waals surface area contributed by atoms with Gasteiger partial charge in [0.05, 0.1) is 11.2 Å². The Balaban J connectivity index is 1.75. The van der Waals surface area contributed by atoms with Crippen molar-refractivity contribution in [2.75, 3.05) is 0 Å². The minimum atomic E-state index is -3.59. The first kappa shape index (κ1) is 19.3. The van der Waals surface area contributed by atoms with Crippen LogP contribution in [0.15, 0.2) is 72.1 Å². The summed E-state index contributed by atoms with van der Waals surface area (Å²) in [6.07, 6.45) is 5.31. The fourth-order valence-electron chi connectivity index (χ4n) is 2.85. The zero-order valence-corrected chi connectivity index (χ0v) is 16.9. The maximum Gasteiger partial charge on any atom is 0.241 e. The average molecular weight is 384 g/mol. The fourth-order valence-corrected chi connectivity index (χ4v) is 4.08. The smallest absolute Gasteiger partial charge is 0.241 e. The molecule has 0 aliphatic carbocycles. The quantitative estimate of drug-likeness (QED) is 0.718. The maximum atomic E-state index is 12.7. The van der Waals surface area contributed by atoms with Crippen LogP contribution in [-0.2, 0) is 15.4 Å². The maximum absolute atomic E-state index is 12.7. The van der Waals surface area contributed by atoms with E-state index in [-0.39, 0.29) is 16.4 Å². The Morgan fingerprint density at radius 3 is 2.15 bits per heavy atom. The molecule has 1 heterocycles. The molecule has 2 aromatic carbocycles. The van der Waals surface area contributed by atoms with Gasteiger partial charge in [-0.05, 0) is 47.7 Å². The summed E-state index contributed by atoms with van der Waals surface area (Å²) < 4.78 is 30.1. The van der Waals surface area contributed by atoms with Crippen molar-refractivity contribution in [2.24, 2.45) is 0 Å². The van der Waals surface area contributed by atoms with Crippen LogP contribution in [0.25, 0.3) is 5.69 Å². The number of imidazole rings is 1. The van der Waals surface area contributed by atoms with Crippen molar-refractivity contribution in [1.82, 2.24) is 14.3 Å². The summed E-state index contributed by atoms with van der Waals surface area (Å²) in [5, 5.41) is 0. The van der Waals surface area contributed by atoms with Crippen molar-refractivity contribution in [3.63, 3.8) is 0 Å². The van der Waals surface area contributed by atoms with Crippen LogP contribution in [0.5, 0.6) is 0 Å².